The number of ether oxygens (including phenoxy) is 1. The van der Waals surface area contributed by atoms with Gasteiger partial charge in [-0.1, -0.05) is 24.3 Å². The average molecular weight is 356 g/mol. The van der Waals surface area contributed by atoms with Crippen LogP contribution in [0.25, 0.3) is 0 Å². The minimum Gasteiger partial charge on any atom is -0.469 e. The molecule has 1 heterocycles. The number of nitrogens with one attached hydrogen (secondary N) is 1. The molecule has 1 aromatic heterocycles. The van der Waals surface area contributed by atoms with Crippen molar-refractivity contribution in [1.29, 1.82) is 0 Å². The van der Waals surface area contributed by atoms with Crippen molar-refractivity contribution in [2.24, 2.45) is 5.92 Å². The molecule has 0 radical (unpaired) electrons. The van der Waals surface area contributed by atoms with Crippen molar-refractivity contribution in [1.82, 2.24) is 4.98 Å². The minimum atomic E-state index is -1.77. The lowest BCUT2D eigenvalue weighted by atomic mass is 9.96. The third-order valence-corrected chi connectivity index (χ3v) is 3.78. The van der Waals surface area contributed by atoms with Gasteiger partial charge in [-0.15, -0.1) is 0 Å². The molecule has 25 heavy (non-hydrogen) atoms. The Morgan fingerprint density at radius 3 is 2.32 bits per heavy atom. The summed E-state index contributed by atoms with van der Waals surface area (Å²) in [6.07, 6.45) is 0.228. The summed E-state index contributed by atoms with van der Waals surface area (Å²) in [7, 11) is 1.18. The van der Waals surface area contributed by atoms with Crippen molar-refractivity contribution in [2.75, 3.05) is 19.0 Å². The molecule has 0 aliphatic heterocycles. The van der Waals surface area contributed by atoms with Crippen LogP contribution < -0.4 is 5.32 Å². The van der Waals surface area contributed by atoms with E-state index >= 15 is 0 Å². The molecule has 1 unspecified atom stereocenters. The number of carbonyl (C=O) groups excluding carboxylic acids is 1. The van der Waals surface area contributed by atoms with Gasteiger partial charge < -0.3 is 10.1 Å². The van der Waals surface area contributed by atoms with Crippen LogP contribution in [0.1, 0.15) is 11.1 Å². The van der Waals surface area contributed by atoms with Crippen molar-refractivity contribution in [3.8, 4) is 0 Å². The Morgan fingerprint density at radius 2 is 1.76 bits per heavy atom. The molecule has 0 bridgehead atoms. The Kier molecular flexibility index (Phi) is 5.95. The standard InChI is InChI=1S/C17H16F4N2O2/c1-9-5-3-4-6-10(9)7-11(17(24)25-2)8-22-14-12(18)15(20)23-16(21)13(14)19/h3-6,11H,7-8H2,1-2H3,(H,22,23). The molecule has 0 aliphatic rings. The normalized spacial score (nSPS) is 11.9. The van der Waals surface area contributed by atoms with Crippen LogP contribution in [0, 0.1) is 36.4 Å². The summed E-state index contributed by atoms with van der Waals surface area (Å²) in [4.78, 5) is 14.4. The van der Waals surface area contributed by atoms with Crippen molar-refractivity contribution < 1.29 is 27.1 Å². The highest BCUT2D eigenvalue weighted by atomic mass is 19.2. The number of esters is 1. The van der Waals surface area contributed by atoms with Gasteiger partial charge in [-0.2, -0.15) is 22.5 Å². The number of aryl methyl sites for hydroxylation is 1. The number of pyridine rings is 1. The van der Waals surface area contributed by atoms with Gasteiger partial charge in [-0.25, -0.2) is 0 Å². The van der Waals surface area contributed by atoms with Crippen LogP contribution in [-0.2, 0) is 16.0 Å². The molecular weight excluding hydrogens is 340 g/mol. The number of rotatable bonds is 6. The van der Waals surface area contributed by atoms with Crippen LogP contribution in [0.15, 0.2) is 24.3 Å². The van der Waals surface area contributed by atoms with Gasteiger partial charge in [0, 0.05) is 6.54 Å². The Hall–Kier alpha value is -2.64. The summed E-state index contributed by atoms with van der Waals surface area (Å²) in [6, 6.07) is 7.27. The fraction of sp³-hybridized carbons (Fsp3) is 0.294. The number of hydrogen-bond donors (Lipinski definition) is 1. The number of hydrogen-bond acceptors (Lipinski definition) is 4. The van der Waals surface area contributed by atoms with Crippen LogP contribution in [-0.4, -0.2) is 24.6 Å². The fourth-order valence-corrected chi connectivity index (χ4v) is 2.38. The smallest absolute Gasteiger partial charge is 0.310 e. The van der Waals surface area contributed by atoms with Crippen molar-refractivity contribution >= 4 is 11.7 Å². The van der Waals surface area contributed by atoms with Gasteiger partial charge >= 0.3 is 5.97 Å². The van der Waals surface area contributed by atoms with Crippen LogP contribution in [0.5, 0.6) is 0 Å². The molecule has 1 N–H and O–H groups in total. The molecule has 0 spiro atoms. The Morgan fingerprint density at radius 1 is 1.16 bits per heavy atom. The maximum absolute atomic E-state index is 13.6. The zero-order valence-corrected chi connectivity index (χ0v) is 13.6. The van der Waals surface area contributed by atoms with E-state index in [2.05, 4.69) is 10.3 Å². The van der Waals surface area contributed by atoms with Crippen LogP contribution in [0.2, 0.25) is 0 Å². The monoisotopic (exact) mass is 356 g/mol. The first-order valence-electron chi connectivity index (χ1n) is 7.41. The van der Waals surface area contributed by atoms with Crippen LogP contribution >= 0.6 is 0 Å². The van der Waals surface area contributed by atoms with Crippen molar-refractivity contribution in [2.45, 2.75) is 13.3 Å². The highest BCUT2D eigenvalue weighted by Crippen LogP contribution is 2.23. The second-order valence-corrected chi connectivity index (χ2v) is 5.43. The summed E-state index contributed by atoms with van der Waals surface area (Å²) < 4.78 is 58.3. The first kappa shape index (κ1) is 18.7. The second kappa shape index (κ2) is 7.96. The van der Waals surface area contributed by atoms with E-state index in [0.717, 1.165) is 11.1 Å². The van der Waals surface area contributed by atoms with E-state index in [4.69, 9.17) is 4.74 Å². The maximum atomic E-state index is 13.6. The largest absolute Gasteiger partial charge is 0.469 e. The van der Waals surface area contributed by atoms with Gasteiger partial charge in [-0.3, -0.25) is 4.79 Å². The van der Waals surface area contributed by atoms with Gasteiger partial charge in [0.05, 0.1) is 13.0 Å². The first-order chi connectivity index (χ1) is 11.8. The number of methoxy groups -OCH3 is 1. The summed E-state index contributed by atoms with van der Waals surface area (Å²) in [6.45, 7) is 1.57. The summed E-state index contributed by atoms with van der Waals surface area (Å²) >= 11 is 0. The maximum Gasteiger partial charge on any atom is 0.310 e. The number of anilines is 1. The molecule has 2 aromatic rings. The zero-order chi connectivity index (χ0) is 18.6. The van der Waals surface area contributed by atoms with Crippen molar-refractivity contribution in [3.05, 3.63) is 58.9 Å². The molecule has 0 amide bonds. The summed E-state index contributed by atoms with van der Waals surface area (Å²) in [5, 5.41) is 2.25. The third-order valence-electron chi connectivity index (χ3n) is 3.78. The number of carbonyl (C=O) groups is 1. The van der Waals surface area contributed by atoms with Gasteiger partial charge in [0.25, 0.3) is 11.9 Å². The highest BCUT2D eigenvalue weighted by Gasteiger charge is 2.25. The Balaban J connectivity index is 2.22. The predicted octanol–water partition coefficient (Wildman–Crippen LogP) is 3.39. The van der Waals surface area contributed by atoms with E-state index < -0.39 is 41.1 Å². The quantitative estimate of drug-likeness (QED) is 0.490. The molecule has 1 aromatic carbocycles. The molecule has 4 nitrogen and oxygen atoms in total. The zero-order valence-electron chi connectivity index (χ0n) is 13.6. The third kappa shape index (κ3) is 4.26. The van der Waals surface area contributed by atoms with E-state index in [1.165, 1.54) is 7.11 Å². The van der Waals surface area contributed by atoms with Crippen molar-refractivity contribution in [3.63, 3.8) is 0 Å². The molecule has 134 valence electrons. The lowest BCUT2D eigenvalue weighted by Crippen LogP contribution is -2.27. The first-order valence-corrected chi connectivity index (χ1v) is 7.41. The molecule has 8 heteroatoms. The van der Waals surface area contributed by atoms with Crippen LogP contribution in [0.4, 0.5) is 23.2 Å². The second-order valence-electron chi connectivity index (χ2n) is 5.43. The summed E-state index contributed by atoms with van der Waals surface area (Å²) in [5.74, 6) is -8.28. The van der Waals surface area contributed by atoms with E-state index in [0.29, 0.717) is 0 Å². The van der Waals surface area contributed by atoms with E-state index in [1.54, 1.807) is 12.1 Å². The number of nitrogens with zero attached hydrogens (tertiary/aromatic N) is 1. The number of benzene rings is 1. The van der Waals surface area contributed by atoms with Gasteiger partial charge in [0.2, 0.25) is 11.6 Å². The number of halogens is 4. The predicted molar refractivity (Wildman–Crippen MR) is 82.9 cm³/mol. The average Bonchev–Trinajstić information content (AvgIpc) is 2.60. The molecular formula is C17H16F4N2O2. The topological polar surface area (TPSA) is 51.2 Å². The van der Waals surface area contributed by atoms with Gasteiger partial charge in [-0.05, 0) is 24.5 Å². The minimum absolute atomic E-state index is 0.228. The Labute approximate surface area is 141 Å². The summed E-state index contributed by atoms with van der Waals surface area (Å²) in [5.41, 5.74) is 0.756. The SMILES string of the molecule is COC(=O)C(CNc1c(F)c(F)nc(F)c1F)Cc1ccccc1C. The van der Waals surface area contributed by atoms with Gasteiger partial charge in [0.15, 0.2) is 0 Å². The van der Waals surface area contributed by atoms with Gasteiger partial charge in [0.1, 0.15) is 5.69 Å². The fourth-order valence-electron chi connectivity index (χ4n) is 2.38. The molecule has 1 atom stereocenters. The van der Waals surface area contributed by atoms with Crippen LogP contribution in [0.3, 0.4) is 0 Å². The lowest BCUT2D eigenvalue weighted by Gasteiger charge is -2.18. The molecule has 2 rings (SSSR count). The van der Waals surface area contributed by atoms with E-state index in [-0.39, 0.29) is 13.0 Å². The Bertz CT molecular complexity index is 757. The lowest BCUT2D eigenvalue weighted by molar-refractivity contribution is -0.144. The van der Waals surface area contributed by atoms with E-state index in [9.17, 15) is 22.4 Å². The molecule has 0 saturated carbocycles. The molecule has 0 fully saturated rings. The number of aromatic nitrogens is 1. The highest BCUT2D eigenvalue weighted by molar-refractivity contribution is 5.73. The molecule has 0 aliphatic carbocycles. The van der Waals surface area contributed by atoms with E-state index in [1.807, 2.05) is 19.1 Å². The molecule has 0 saturated heterocycles.